The number of anilines is 1. The third kappa shape index (κ3) is 4.57. The Labute approximate surface area is 169 Å². The first-order valence-corrected chi connectivity index (χ1v) is 10.4. The summed E-state index contributed by atoms with van der Waals surface area (Å²) in [5.41, 5.74) is 3.58. The molecule has 0 unspecified atom stereocenters. The van der Waals surface area contributed by atoms with Crippen LogP contribution in [0.25, 0.3) is 11.0 Å². The van der Waals surface area contributed by atoms with Gasteiger partial charge in [0.15, 0.2) is 0 Å². The van der Waals surface area contributed by atoms with E-state index in [4.69, 9.17) is 4.42 Å². The van der Waals surface area contributed by atoms with Gasteiger partial charge < -0.3 is 14.6 Å². The summed E-state index contributed by atoms with van der Waals surface area (Å²) in [5, 5.41) is 3.82. The van der Waals surface area contributed by atoms with Crippen molar-refractivity contribution in [2.45, 2.75) is 24.7 Å². The fraction of sp³-hybridized carbons (Fsp3) is 0.273. The number of likely N-dealkylation sites (N-methyl/N-ethyl adjacent to an activating group) is 1. The van der Waals surface area contributed by atoms with E-state index in [0.717, 1.165) is 33.5 Å². The molecule has 6 heteroatoms. The van der Waals surface area contributed by atoms with Gasteiger partial charge in [-0.25, -0.2) is 0 Å². The summed E-state index contributed by atoms with van der Waals surface area (Å²) in [4.78, 5) is 27.4. The van der Waals surface area contributed by atoms with E-state index >= 15 is 0 Å². The number of carbonyl (C=O) groups excluding carboxylic acids is 2. The predicted octanol–water partition coefficient (Wildman–Crippen LogP) is 4.36. The average molecular weight is 397 g/mol. The van der Waals surface area contributed by atoms with Crippen LogP contribution in [-0.2, 0) is 22.4 Å². The monoisotopic (exact) mass is 396 g/mol. The first kappa shape index (κ1) is 20.0. The van der Waals surface area contributed by atoms with Crippen LogP contribution in [0.4, 0.5) is 5.69 Å². The van der Waals surface area contributed by atoms with E-state index in [0.29, 0.717) is 0 Å². The second-order valence-electron chi connectivity index (χ2n) is 6.62. The van der Waals surface area contributed by atoms with E-state index in [-0.39, 0.29) is 24.8 Å². The summed E-state index contributed by atoms with van der Waals surface area (Å²) in [6.45, 7) is 2.09. The number of furan rings is 1. The molecule has 0 aliphatic heterocycles. The molecule has 2 amide bonds. The SMILES string of the molecule is CCc1ccc2c(CC(=O)N(C)CC(=O)Nc3ccccc3SC)coc2c1. The third-order valence-electron chi connectivity index (χ3n) is 4.66. The van der Waals surface area contributed by atoms with Gasteiger partial charge in [0, 0.05) is 22.9 Å². The van der Waals surface area contributed by atoms with Crippen molar-refractivity contribution >= 4 is 40.2 Å². The molecule has 3 rings (SSSR count). The summed E-state index contributed by atoms with van der Waals surface area (Å²) < 4.78 is 5.61. The van der Waals surface area contributed by atoms with Gasteiger partial charge in [0.2, 0.25) is 11.8 Å². The quantitative estimate of drug-likeness (QED) is 0.603. The van der Waals surface area contributed by atoms with E-state index in [1.165, 1.54) is 10.5 Å². The van der Waals surface area contributed by atoms with Crippen molar-refractivity contribution in [1.82, 2.24) is 4.90 Å². The molecule has 0 spiro atoms. The number of carbonyl (C=O) groups is 2. The summed E-state index contributed by atoms with van der Waals surface area (Å²) in [5.74, 6) is -0.349. The zero-order chi connectivity index (χ0) is 20.1. The molecule has 146 valence electrons. The average Bonchev–Trinajstić information content (AvgIpc) is 3.10. The molecule has 1 heterocycles. The second kappa shape index (κ2) is 8.97. The van der Waals surface area contributed by atoms with Crippen LogP contribution in [0, 0.1) is 0 Å². The molecule has 28 heavy (non-hydrogen) atoms. The number of hydrogen-bond acceptors (Lipinski definition) is 4. The van der Waals surface area contributed by atoms with Crippen LogP contribution in [0.15, 0.2) is 58.0 Å². The number of fused-ring (bicyclic) bond motifs is 1. The number of hydrogen-bond donors (Lipinski definition) is 1. The normalized spacial score (nSPS) is 10.8. The smallest absolute Gasteiger partial charge is 0.244 e. The molecule has 5 nitrogen and oxygen atoms in total. The number of rotatable bonds is 7. The lowest BCUT2D eigenvalue weighted by atomic mass is 10.1. The number of nitrogens with one attached hydrogen (secondary N) is 1. The Morgan fingerprint density at radius 3 is 2.71 bits per heavy atom. The lowest BCUT2D eigenvalue weighted by Crippen LogP contribution is -2.35. The van der Waals surface area contributed by atoms with E-state index < -0.39 is 0 Å². The Hall–Kier alpha value is -2.73. The van der Waals surface area contributed by atoms with Gasteiger partial charge in [-0.3, -0.25) is 9.59 Å². The Balaban J connectivity index is 1.62. The Bertz CT molecular complexity index is 996. The first-order valence-electron chi connectivity index (χ1n) is 9.17. The summed E-state index contributed by atoms with van der Waals surface area (Å²) in [7, 11) is 1.64. The molecule has 0 saturated carbocycles. The van der Waals surface area contributed by atoms with Crippen LogP contribution in [0.2, 0.25) is 0 Å². The van der Waals surface area contributed by atoms with E-state index in [1.54, 1.807) is 25.1 Å². The molecular weight excluding hydrogens is 372 g/mol. The molecular formula is C22H24N2O3S. The molecule has 0 bridgehead atoms. The largest absolute Gasteiger partial charge is 0.464 e. The molecule has 1 aromatic heterocycles. The van der Waals surface area contributed by atoms with Crippen molar-refractivity contribution in [2.75, 3.05) is 25.2 Å². The highest BCUT2D eigenvalue weighted by Gasteiger charge is 2.17. The number of thioether (sulfide) groups is 1. The van der Waals surface area contributed by atoms with Gasteiger partial charge >= 0.3 is 0 Å². The lowest BCUT2D eigenvalue weighted by Gasteiger charge is -2.17. The number of para-hydroxylation sites is 1. The molecule has 3 aromatic rings. The molecule has 0 radical (unpaired) electrons. The number of amides is 2. The van der Waals surface area contributed by atoms with Crippen molar-refractivity contribution in [2.24, 2.45) is 0 Å². The summed E-state index contributed by atoms with van der Waals surface area (Å²) in [6.07, 6.45) is 4.72. The molecule has 0 fully saturated rings. The van der Waals surface area contributed by atoms with Crippen LogP contribution < -0.4 is 5.32 Å². The predicted molar refractivity (Wildman–Crippen MR) is 114 cm³/mol. The Morgan fingerprint density at radius 1 is 1.18 bits per heavy atom. The highest BCUT2D eigenvalue weighted by atomic mass is 32.2. The van der Waals surface area contributed by atoms with Gasteiger partial charge in [-0.15, -0.1) is 11.8 Å². The van der Waals surface area contributed by atoms with E-state index in [1.807, 2.05) is 48.7 Å². The first-order chi connectivity index (χ1) is 13.5. The molecule has 0 atom stereocenters. The fourth-order valence-electron chi connectivity index (χ4n) is 3.02. The van der Waals surface area contributed by atoms with E-state index in [2.05, 4.69) is 12.2 Å². The zero-order valence-corrected chi connectivity index (χ0v) is 17.1. The maximum atomic E-state index is 12.6. The van der Waals surface area contributed by atoms with Crippen LogP contribution >= 0.6 is 11.8 Å². The zero-order valence-electron chi connectivity index (χ0n) is 16.3. The standard InChI is InChI=1S/C22H24N2O3S/c1-4-15-9-10-17-16(14-27-19(17)11-15)12-22(26)24(2)13-21(25)23-18-7-5-6-8-20(18)28-3/h5-11,14H,4,12-13H2,1-3H3,(H,23,25). The van der Waals surface area contributed by atoms with Gasteiger partial charge in [0.25, 0.3) is 0 Å². The number of aryl methyl sites for hydroxylation is 1. The lowest BCUT2D eigenvalue weighted by molar-refractivity contribution is -0.132. The molecule has 0 saturated heterocycles. The van der Waals surface area contributed by atoms with Crippen LogP contribution in [0.5, 0.6) is 0 Å². The number of nitrogens with zero attached hydrogens (tertiary/aromatic N) is 1. The van der Waals surface area contributed by atoms with Crippen LogP contribution in [-0.4, -0.2) is 36.6 Å². The second-order valence-corrected chi connectivity index (χ2v) is 7.47. The minimum Gasteiger partial charge on any atom is -0.464 e. The molecule has 2 aromatic carbocycles. The topological polar surface area (TPSA) is 62.6 Å². The molecule has 1 N–H and O–H groups in total. The van der Waals surface area contributed by atoms with Crippen molar-refractivity contribution in [3.63, 3.8) is 0 Å². The maximum absolute atomic E-state index is 12.6. The van der Waals surface area contributed by atoms with Gasteiger partial charge in [0.1, 0.15) is 5.58 Å². The third-order valence-corrected chi connectivity index (χ3v) is 5.45. The molecule has 0 aliphatic rings. The fourth-order valence-corrected chi connectivity index (χ4v) is 3.58. The van der Waals surface area contributed by atoms with E-state index in [9.17, 15) is 9.59 Å². The van der Waals surface area contributed by atoms with Gasteiger partial charge in [0.05, 0.1) is 24.9 Å². The van der Waals surface area contributed by atoms with Crippen LogP contribution in [0.1, 0.15) is 18.1 Å². The van der Waals surface area contributed by atoms with Gasteiger partial charge in [-0.2, -0.15) is 0 Å². The number of benzene rings is 2. The minimum atomic E-state index is -0.220. The Kier molecular flexibility index (Phi) is 6.41. The van der Waals surface area contributed by atoms with Crippen molar-refractivity contribution in [3.05, 3.63) is 59.9 Å². The van der Waals surface area contributed by atoms with Crippen molar-refractivity contribution in [3.8, 4) is 0 Å². The summed E-state index contributed by atoms with van der Waals surface area (Å²) in [6, 6.07) is 13.6. The summed E-state index contributed by atoms with van der Waals surface area (Å²) >= 11 is 1.56. The highest BCUT2D eigenvalue weighted by molar-refractivity contribution is 7.98. The van der Waals surface area contributed by atoms with Crippen molar-refractivity contribution < 1.29 is 14.0 Å². The highest BCUT2D eigenvalue weighted by Crippen LogP contribution is 2.25. The van der Waals surface area contributed by atoms with Gasteiger partial charge in [-0.1, -0.05) is 31.2 Å². The Morgan fingerprint density at radius 2 is 1.96 bits per heavy atom. The van der Waals surface area contributed by atoms with Gasteiger partial charge in [-0.05, 0) is 36.4 Å². The molecule has 0 aliphatic carbocycles. The maximum Gasteiger partial charge on any atom is 0.244 e. The minimum absolute atomic E-state index is 0.00266. The van der Waals surface area contributed by atoms with Crippen molar-refractivity contribution in [1.29, 1.82) is 0 Å². The van der Waals surface area contributed by atoms with Crippen LogP contribution in [0.3, 0.4) is 0 Å².